The molecule has 0 aromatic heterocycles. The molecule has 20 heavy (non-hydrogen) atoms. The lowest BCUT2D eigenvalue weighted by molar-refractivity contribution is -0.139. The molecule has 0 aliphatic carbocycles. The van der Waals surface area contributed by atoms with Crippen LogP contribution in [-0.2, 0) is 11.2 Å². The Labute approximate surface area is 124 Å². The minimum atomic E-state index is -0.796. The van der Waals surface area contributed by atoms with E-state index in [0.29, 0.717) is 5.75 Å². The molecule has 0 radical (unpaired) electrons. The molecule has 6 heteroatoms. The van der Waals surface area contributed by atoms with Gasteiger partial charge in [0.05, 0.1) is 20.8 Å². The van der Waals surface area contributed by atoms with Crippen molar-refractivity contribution in [3.8, 4) is 11.5 Å². The highest BCUT2D eigenvalue weighted by Crippen LogP contribution is 2.37. The molecule has 5 nitrogen and oxygen atoms in total. The highest BCUT2D eigenvalue weighted by molar-refractivity contribution is 5.85. The van der Waals surface area contributed by atoms with E-state index < -0.39 is 5.97 Å². The number of methoxy groups -OCH3 is 2. The van der Waals surface area contributed by atoms with E-state index in [2.05, 4.69) is 0 Å². The Morgan fingerprint density at radius 1 is 1.35 bits per heavy atom. The van der Waals surface area contributed by atoms with Gasteiger partial charge in [-0.3, -0.25) is 9.69 Å². The van der Waals surface area contributed by atoms with Gasteiger partial charge in [-0.05, 0) is 36.6 Å². The second-order valence-corrected chi connectivity index (χ2v) is 4.70. The number of fused-ring (bicyclic) bond motifs is 1. The first-order valence-corrected chi connectivity index (χ1v) is 6.27. The molecule has 1 aromatic carbocycles. The van der Waals surface area contributed by atoms with Crippen LogP contribution in [0, 0.1) is 0 Å². The lowest BCUT2D eigenvalue weighted by atomic mass is 9.93. The monoisotopic (exact) mass is 301 g/mol. The van der Waals surface area contributed by atoms with E-state index in [-0.39, 0.29) is 25.0 Å². The number of carboxylic acid groups (broad SMARTS) is 1. The Balaban J connectivity index is 0.00000200. The van der Waals surface area contributed by atoms with Gasteiger partial charge in [-0.2, -0.15) is 0 Å². The van der Waals surface area contributed by atoms with Crippen molar-refractivity contribution in [1.82, 2.24) is 4.90 Å². The first-order chi connectivity index (χ1) is 9.06. The van der Waals surface area contributed by atoms with Crippen molar-refractivity contribution in [2.24, 2.45) is 0 Å². The third kappa shape index (κ3) is 3.16. The molecule has 1 N–H and O–H groups in total. The topological polar surface area (TPSA) is 59.0 Å². The summed E-state index contributed by atoms with van der Waals surface area (Å²) in [5.74, 6) is 0.612. The molecule has 1 aromatic rings. The zero-order chi connectivity index (χ0) is 14.0. The van der Waals surface area contributed by atoms with Crippen LogP contribution in [0.1, 0.15) is 24.1 Å². The Bertz CT molecular complexity index is 492. The van der Waals surface area contributed by atoms with Gasteiger partial charge in [0.15, 0.2) is 11.5 Å². The Morgan fingerprint density at radius 3 is 2.50 bits per heavy atom. The van der Waals surface area contributed by atoms with Crippen LogP contribution in [0.3, 0.4) is 0 Å². The second kappa shape index (κ2) is 6.81. The summed E-state index contributed by atoms with van der Waals surface area (Å²) in [5, 5.41) is 8.93. The van der Waals surface area contributed by atoms with Gasteiger partial charge in [-0.1, -0.05) is 0 Å². The number of aliphatic carboxylic acids is 1. The molecule has 0 unspecified atom stereocenters. The fourth-order valence-electron chi connectivity index (χ4n) is 2.59. The van der Waals surface area contributed by atoms with Crippen molar-refractivity contribution in [1.29, 1.82) is 0 Å². The number of carbonyl (C=O) groups is 1. The Morgan fingerprint density at radius 2 is 1.95 bits per heavy atom. The molecular weight excluding hydrogens is 282 g/mol. The quantitative estimate of drug-likeness (QED) is 0.923. The second-order valence-electron chi connectivity index (χ2n) is 4.70. The maximum Gasteiger partial charge on any atom is 0.317 e. The van der Waals surface area contributed by atoms with Gasteiger partial charge in [-0.25, -0.2) is 0 Å². The van der Waals surface area contributed by atoms with Gasteiger partial charge in [0.2, 0.25) is 0 Å². The van der Waals surface area contributed by atoms with Crippen molar-refractivity contribution in [2.75, 3.05) is 27.3 Å². The van der Waals surface area contributed by atoms with Gasteiger partial charge < -0.3 is 14.6 Å². The van der Waals surface area contributed by atoms with Crippen LogP contribution in [0.25, 0.3) is 0 Å². The number of ether oxygens (including phenoxy) is 2. The summed E-state index contributed by atoms with van der Waals surface area (Å²) in [7, 11) is 3.22. The number of hydrogen-bond donors (Lipinski definition) is 1. The van der Waals surface area contributed by atoms with E-state index >= 15 is 0 Å². The summed E-state index contributed by atoms with van der Waals surface area (Å²) in [6.07, 6.45) is 0.827. The predicted molar refractivity (Wildman–Crippen MR) is 78.1 cm³/mol. The molecule has 0 fully saturated rings. The zero-order valence-corrected chi connectivity index (χ0v) is 12.7. The smallest absolute Gasteiger partial charge is 0.317 e. The lowest BCUT2D eigenvalue weighted by Gasteiger charge is -2.34. The van der Waals surface area contributed by atoms with Gasteiger partial charge in [-0.15, -0.1) is 12.4 Å². The predicted octanol–water partition coefficient (Wildman–Crippen LogP) is 2.13. The first kappa shape index (κ1) is 16.6. The van der Waals surface area contributed by atoms with Gasteiger partial charge >= 0.3 is 5.97 Å². The average molecular weight is 302 g/mol. The summed E-state index contributed by atoms with van der Waals surface area (Å²) < 4.78 is 10.6. The van der Waals surface area contributed by atoms with E-state index in [4.69, 9.17) is 14.6 Å². The third-order valence-corrected chi connectivity index (χ3v) is 3.65. The molecule has 0 saturated heterocycles. The fraction of sp³-hybridized carbons (Fsp3) is 0.500. The largest absolute Gasteiger partial charge is 0.493 e. The number of nitrogens with zero attached hydrogens (tertiary/aromatic N) is 1. The van der Waals surface area contributed by atoms with Crippen molar-refractivity contribution in [3.63, 3.8) is 0 Å². The van der Waals surface area contributed by atoms with Gasteiger partial charge in [0.25, 0.3) is 0 Å². The summed E-state index contributed by atoms with van der Waals surface area (Å²) in [5.41, 5.74) is 2.32. The molecule has 1 heterocycles. The first-order valence-electron chi connectivity index (χ1n) is 6.27. The maximum absolute atomic E-state index is 10.9. The molecule has 0 amide bonds. The molecule has 2 rings (SSSR count). The number of rotatable bonds is 4. The average Bonchev–Trinajstić information content (AvgIpc) is 2.40. The molecule has 1 aliphatic rings. The maximum atomic E-state index is 10.9. The number of halogens is 1. The summed E-state index contributed by atoms with van der Waals surface area (Å²) in [4.78, 5) is 12.8. The lowest BCUT2D eigenvalue weighted by Crippen LogP contribution is -2.37. The van der Waals surface area contributed by atoms with E-state index in [1.54, 1.807) is 14.2 Å². The SMILES string of the molecule is COc1cc2c(cc1OC)[C@H](C)N(CC(=O)O)CC2.Cl. The van der Waals surface area contributed by atoms with Crippen LogP contribution in [0.5, 0.6) is 11.5 Å². The number of hydrogen-bond acceptors (Lipinski definition) is 4. The van der Waals surface area contributed by atoms with Crippen LogP contribution in [-0.4, -0.2) is 43.3 Å². The molecule has 0 bridgehead atoms. The van der Waals surface area contributed by atoms with Crippen LogP contribution < -0.4 is 9.47 Å². The standard InChI is InChI=1S/C14H19NO4.ClH/c1-9-11-7-13(19-3)12(18-2)6-10(11)4-5-15(9)8-14(16)17;/h6-7,9H,4-5,8H2,1-3H3,(H,16,17);1H/t9-;/m0./s1. The third-order valence-electron chi connectivity index (χ3n) is 3.65. The summed E-state index contributed by atoms with van der Waals surface area (Å²) >= 11 is 0. The highest BCUT2D eigenvalue weighted by atomic mass is 35.5. The minimum Gasteiger partial charge on any atom is -0.493 e. The van der Waals surface area contributed by atoms with Crippen molar-refractivity contribution in [3.05, 3.63) is 23.3 Å². The van der Waals surface area contributed by atoms with Crippen molar-refractivity contribution < 1.29 is 19.4 Å². The summed E-state index contributed by atoms with van der Waals surface area (Å²) in [6.45, 7) is 2.83. The van der Waals surface area contributed by atoms with E-state index in [9.17, 15) is 4.79 Å². The molecule has 1 atom stereocenters. The van der Waals surface area contributed by atoms with Gasteiger partial charge in [0.1, 0.15) is 0 Å². The van der Waals surface area contributed by atoms with E-state index in [1.807, 2.05) is 24.0 Å². The fourth-order valence-corrected chi connectivity index (χ4v) is 2.59. The highest BCUT2D eigenvalue weighted by Gasteiger charge is 2.26. The van der Waals surface area contributed by atoms with Crippen LogP contribution in [0.2, 0.25) is 0 Å². The molecular formula is C14H20ClNO4. The van der Waals surface area contributed by atoms with E-state index in [0.717, 1.165) is 24.3 Å². The molecule has 0 spiro atoms. The van der Waals surface area contributed by atoms with Crippen molar-refractivity contribution >= 4 is 18.4 Å². The van der Waals surface area contributed by atoms with Crippen LogP contribution in [0.4, 0.5) is 0 Å². The molecule has 0 saturated carbocycles. The number of carboxylic acids is 1. The molecule has 1 aliphatic heterocycles. The van der Waals surface area contributed by atoms with Crippen LogP contribution in [0.15, 0.2) is 12.1 Å². The Hall–Kier alpha value is -1.46. The molecule has 112 valence electrons. The minimum absolute atomic E-state index is 0. The van der Waals surface area contributed by atoms with Crippen LogP contribution >= 0.6 is 12.4 Å². The van der Waals surface area contributed by atoms with Gasteiger partial charge in [0, 0.05) is 12.6 Å². The summed E-state index contributed by atoms with van der Waals surface area (Å²) in [6, 6.07) is 4.01. The Kier molecular flexibility index (Phi) is 5.65. The normalized spacial score (nSPS) is 17.9. The van der Waals surface area contributed by atoms with Crippen molar-refractivity contribution in [2.45, 2.75) is 19.4 Å². The number of benzene rings is 1. The van der Waals surface area contributed by atoms with E-state index in [1.165, 1.54) is 5.56 Å². The zero-order valence-electron chi connectivity index (χ0n) is 11.9.